The molecule has 0 spiro atoms. The summed E-state index contributed by atoms with van der Waals surface area (Å²) in [7, 11) is 0. The van der Waals surface area contributed by atoms with Crippen LogP contribution in [0.3, 0.4) is 0 Å². The van der Waals surface area contributed by atoms with E-state index in [-0.39, 0.29) is 23.6 Å². The topological polar surface area (TPSA) is 45.7 Å². The monoisotopic (exact) mass is 425 g/mol. The first-order valence-electron chi connectivity index (χ1n) is 9.28. The average Bonchev–Trinajstić information content (AvgIpc) is 3.10. The summed E-state index contributed by atoms with van der Waals surface area (Å²) < 4.78 is 44.7. The highest BCUT2D eigenvalue weighted by Gasteiger charge is 2.39. The van der Waals surface area contributed by atoms with Gasteiger partial charge in [-0.15, -0.1) is 0 Å². The molecule has 4 rings (SSSR count). The maximum absolute atomic E-state index is 12.9. The van der Waals surface area contributed by atoms with E-state index in [1.807, 2.05) is 0 Å². The van der Waals surface area contributed by atoms with Crippen LogP contribution in [-0.2, 0) is 6.18 Å². The van der Waals surface area contributed by atoms with Crippen molar-refractivity contribution in [2.24, 2.45) is 0 Å². The van der Waals surface area contributed by atoms with E-state index < -0.39 is 11.7 Å². The summed E-state index contributed by atoms with van der Waals surface area (Å²) in [5.74, 6) is 0.121. The maximum atomic E-state index is 12.9. The Labute approximate surface area is 171 Å². The molecule has 1 amide bonds. The quantitative estimate of drug-likeness (QED) is 0.751. The SMILES string of the molecule is O=C(c1cccc(C(F)(F)F)c1)N1CCN2CC(Oc3ccc(Cl)cn3)CC2C1. The van der Waals surface area contributed by atoms with Crippen molar-refractivity contribution in [1.82, 2.24) is 14.8 Å². The molecule has 2 aliphatic heterocycles. The average molecular weight is 426 g/mol. The zero-order chi connectivity index (χ0) is 20.6. The fourth-order valence-electron chi connectivity index (χ4n) is 3.88. The fraction of sp³-hybridized carbons (Fsp3) is 0.400. The molecule has 2 aliphatic rings. The number of ether oxygens (including phenoxy) is 1. The van der Waals surface area contributed by atoms with Crippen LogP contribution in [0.2, 0.25) is 5.02 Å². The minimum Gasteiger partial charge on any atom is -0.473 e. The molecule has 2 fully saturated rings. The summed E-state index contributed by atoms with van der Waals surface area (Å²) in [6, 6.07) is 8.11. The number of nitrogens with zero attached hydrogens (tertiary/aromatic N) is 3. The van der Waals surface area contributed by atoms with Gasteiger partial charge in [0.05, 0.1) is 10.6 Å². The van der Waals surface area contributed by atoms with Gasteiger partial charge >= 0.3 is 6.18 Å². The maximum Gasteiger partial charge on any atom is 0.416 e. The number of piperazine rings is 1. The van der Waals surface area contributed by atoms with Crippen LogP contribution in [0.15, 0.2) is 42.6 Å². The molecule has 5 nitrogen and oxygen atoms in total. The number of hydrogen-bond donors (Lipinski definition) is 0. The minimum atomic E-state index is -4.47. The number of benzene rings is 1. The van der Waals surface area contributed by atoms with Gasteiger partial charge in [-0.25, -0.2) is 4.98 Å². The molecule has 0 N–H and O–H groups in total. The Morgan fingerprint density at radius 1 is 1.17 bits per heavy atom. The lowest BCUT2D eigenvalue weighted by molar-refractivity contribution is -0.137. The molecule has 2 aromatic rings. The first-order valence-corrected chi connectivity index (χ1v) is 9.66. The largest absolute Gasteiger partial charge is 0.473 e. The van der Waals surface area contributed by atoms with Crippen LogP contribution in [0.5, 0.6) is 5.88 Å². The zero-order valence-corrected chi connectivity index (χ0v) is 16.2. The van der Waals surface area contributed by atoms with Gasteiger partial charge in [0.2, 0.25) is 5.88 Å². The molecule has 0 radical (unpaired) electrons. The van der Waals surface area contributed by atoms with Crippen LogP contribution in [0.1, 0.15) is 22.3 Å². The lowest BCUT2D eigenvalue weighted by atomic mass is 10.1. The molecule has 2 unspecified atom stereocenters. The van der Waals surface area contributed by atoms with E-state index in [2.05, 4.69) is 9.88 Å². The number of aromatic nitrogens is 1. The number of rotatable bonds is 3. The summed E-state index contributed by atoms with van der Waals surface area (Å²) in [4.78, 5) is 20.8. The molecule has 1 aromatic heterocycles. The number of carbonyl (C=O) groups excluding carboxylic acids is 1. The third kappa shape index (κ3) is 4.48. The predicted molar refractivity (Wildman–Crippen MR) is 101 cm³/mol. The Bertz CT molecular complexity index is 891. The van der Waals surface area contributed by atoms with Crippen LogP contribution >= 0.6 is 11.6 Å². The van der Waals surface area contributed by atoms with Gasteiger partial charge in [-0.05, 0) is 24.3 Å². The second-order valence-electron chi connectivity index (χ2n) is 7.27. The molecule has 1 aromatic carbocycles. The van der Waals surface area contributed by atoms with E-state index in [4.69, 9.17) is 16.3 Å². The van der Waals surface area contributed by atoms with Crippen LogP contribution in [0, 0.1) is 0 Å². The Morgan fingerprint density at radius 2 is 2.00 bits per heavy atom. The van der Waals surface area contributed by atoms with Gasteiger partial charge in [-0.1, -0.05) is 17.7 Å². The van der Waals surface area contributed by atoms with Gasteiger partial charge in [0.1, 0.15) is 6.10 Å². The van der Waals surface area contributed by atoms with E-state index in [0.717, 1.165) is 25.1 Å². The first kappa shape index (κ1) is 20.0. The molecule has 2 atom stereocenters. The zero-order valence-electron chi connectivity index (χ0n) is 15.4. The molecule has 154 valence electrons. The van der Waals surface area contributed by atoms with Gasteiger partial charge < -0.3 is 9.64 Å². The molecule has 29 heavy (non-hydrogen) atoms. The summed E-state index contributed by atoms with van der Waals surface area (Å²) >= 11 is 5.83. The number of hydrogen-bond acceptors (Lipinski definition) is 4. The number of pyridine rings is 1. The van der Waals surface area contributed by atoms with Crippen LogP contribution in [0.4, 0.5) is 13.2 Å². The molecule has 9 heteroatoms. The third-order valence-electron chi connectivity index (χ3n) is 5.29. The summed E-state index contributed by atoms with van der Waals surface area (Å²) in [6.45, 7) is 2.31. The van der Waals surface area contributed by atoms with Crippen LogP contribution in [0.25, 0.3) is 0 Å². The molecular weight excluding hydrogens is 407 g/mol. The van der Waals surface area contributed by atoms with Gasteiger partial charge in [0.15, 0.2) is 0 Å². The summed E-state index contributed by atoms with van der Waals surface area (Å²) in [6.07, 6.45) is -2.29. The van der Waals surface area contributed by atoms with Crippen molar-refractivity contribution in [2.45, 2.75) is 24.7 Å². The number of amides is 1. The highest BCUT2D eigenvalue weighted by molar-refractivity contribution is 6.30. The summed E-state index contributed by atoms with van der Waals surface area (Å²) in [5.41, 5.74) is -0.754. The van der Waals surface area contributed by atoms with Crippen molar-refractivity contribution in [1.29, 1.82) is 0 Å². The van der Waals surface area contributed by atoms with Gasteiger partial charge in [-0.2, -0.15) is 13.2 Å². The van der Waals surface area contributed by atoms with E-state index in [9.17, 15) is 18.0 Å². The highest BCUT2D eigenvalue weighted by Crippen LogP contribution is 2.30. The van der Waals surface area contributed by atoms with Gasteiger partial charge in [0.25, 0.3) is 5.91 Å². The number of carbonyl (C=O) groups is 1. The van der Waals surface area contributed by atoms with E-state index in [0.29, 0.717) is 30.5 Å². The predicted octanol–water partition coefficient (Wildman–Crippen LogP) is 3.73. The van der Waals surface area contributed by atoms with Crippen molar-refractivity contribution >= 4 is 17.5 Å². The normalized spacial score (nSPS) is 22.4. The minimum absolute atomic E-state index is 0.0581. The van der Waals surface area contributed by atoms with Gasteiger partial charge in [0, 0.05) is 56.5 Å². The van der Waals surface area contributed by atoms with Crippen molar-refractivity contribution < 1.29 is 22.7 Å². The van der Waals surface area contributed by atoms with E-state index in [1.54, 1.807) is 17.0 Å². The Morgan fingerprint density at radius 3 is 2.72 bits per heavy atom. The Kier molecular flexibility index (Phi) is 5.40. The standard InChI is InChI=1S/C20H19ClF3N3O2/c21-15-4-5-18(25-10-15)29-17-9-16-11-27(7-6-26(16)12-17)19(28)13-2-1-3-14(8-13)20(22,23)24/h1-5,8,10,16-17H,6-7,9,11-12H2. The van der Waals surface area contributed by atoms with Crippen molar-refractivity contribution in [3.05, 3.63) is 58.7 Å². The van der Waals surface area contributed by atoms with Crippen molar-refractivity contribution in [2.75, 3.05) is 26.2 Å². The Hall–Kier alpha value is -2.32. The van der Waals surface area contributed by atoms with Crippen LogP contribution in [-0.4, -0.2) is 59.0 Å². The number of halogens is 4. The van der Waals surface area contributed by atoms with Crippen molar-refractivity contribution in [3.63, 3.8) is 0 Å². The third-order valence-corrected chi connectivity index (χ3v) is 5.51. The highest BCUT2D eigenvalue weighted by atomic mass is 35.5. The Balaban J connectivity index is 1.39. The van der Waals surface area contributed by atoms with E-state index in [1.165, 1.54) is 18.3 Å². The van der Waals surface area contributed by atoms with E-state index >= 15 is 0 Å². The second kappa shape index (κ2) is 7.84. The second-order valence-corrected chi connectivity index (χ2v) is 7.71. The molecule has 0 saturated carbocycles. The fourth-order valence-corrected chi connectivity index (χ4v) is 3.99. The first-order chi connectivity index (χ1) is 13.8. The molecular formula is C20H19ClF3N3O2. The molecule has 3 heterocycles. The van der Waals surface area contributed by atoms with Gasteiger partial charge in [-0.3, -0.25) is 9.69 Å². The lowest BCUT2D eigenvalue weighted by Crippen LogP contribution is -2.52. The van der Waals surface area contributed by atoms with Crippen molar-refractivity contribution in [3.8, 4) is 5.88 Å². The smallest absolute Gasteiger partial charge is 0.416 e. The number of fused-ring (bicyclic) bond motifs is 1. The number of alkyl halides is 3. The molecule has 2 saturated heterocycles. The summed E-state index contributed by atoms with van der Waals surface area (Å²) in [5, 5.41) is 0.532. The molecule has 0 aliphatic carbocycles. The lowest BCUT2D eigenvalue weighted by Gasteiger charge is -2.37. The van der Waals surface area contributed by atoms with Crippen LogP contribution < -0.4 is 4.74 Å². The molecule has 0 bridgehead atoms.